The van der Waals surface area contributed by atoms with Crippen molar-refractivity contribution in [1.82, 2.24) is 5.32 Å². The van der Waals surface area contributed by atoms with E-state index >= 15 is 0 Å². The zero-order chi connectivity index (χ0) is 12.4. The quantitative estimate of drug-likeness (QED) is 0.815. The van der Waals surface area contributed by atoms with Gasteiger partial charge in [-0.05, 0) is 31.9 Å². The fourth-order valence-electron chi connectivity index (χ4n) is 2.10. The van der Waals surface area contributed by atoms with Gasteiger partial charge in [-0.25, -0.2) is 4.99 Å². The Balaban J connectivity index is 2.53. The highest BCUT2D eigenvalue weighted by Gasteiger charge is 2.14. The summed E-state index contributed by atoms with van der Waals surface area (Å²) in [7, 11) is 0. The molecule has 0 bridgehead atoms. The second-order valence-corrected chi connectivity index (χ2v) is 4.53. The molecule has 3 nitrogen and oxygen atoms in total. The number of nitrogens with two attached hydrogens (primary N) is 1. The van der Waals surface area contributed by atoms with Crippen LogP contribution in [0, 0.1) is 13.8 Å². The highest BCUT2D eigenvalue weighted by molar-refractivity contribution is 5.90. The predicted octanol–water partition coefficient (Wildman–Crippen LogP) is 1.99. The van der Waals surface area contributed by atoms with Crippen molar-refractivity contribution >= 4 is 11.5 Å². The van der Waals surface area contributed by atoms with Crippen LogP contribution in [0.3, 0.4) is 0 Å². The van der Waals surface area contributed by atoms with Crippen LogP contribution in [0.5, 0.6) is 0 Å². The number of nitrogens with zero attached hydrogens (tertiary/aromatic N) is 1. The highest BCUT2D eigenvalue weighted by Crippen LogP contribution is 2.25. The molecule has 0 radical (unpaired) electrons. The van der Waals surface area contributed by atoms with Crippen LogP contribution in [-0.2, 0) is 0 Å². The van der Waals surface area contributed by atoms with Crippen LogP contribution >= 0.6 is 0 Å². The molecule has 0 saturated carbocycles. The maximum Gasteiger partial charge on any atom is 0.0993 e. The Bertz CT molecular complexity index is 498. The van der Waals surface area contributed by atoms with Crippen LogP contribution in [0.25, 0.3) is 5.70 Å². The number of hydrogen-bond acceptors (Lipinski definition) is 3. The van der Waals surface area contributed by atoms with Gasteiger partial charge in [-0.3, -0.25) is 0 Å². The van der Waals surface area contributed by atoms with E-state index in [9.17, 15) is 0 Å². The molecule has 2 rings (SSSR count). The van der Waals surface area contributed by atoms with Gasteiger partial charge < -0.3 is 11.1 Å². The Morgan fingerprint density at radius 3 is 2.71 bits per heavy atom. The minimum absolute atomic E-state index is 0.548. The van der Waals surface area contributed by atoms with Crippen molar-refractivity contribution < 1.29 is 0 Å². The smallest absolute Gasteiger partial charge is 0.0993 e. The molecular weight excluding hydrogens is 210 g/mol. The summed E-state index contributed by atoms with van der Waals surface area (Å²) in [5.41, 5.74) is 11.7. The van der Waals surface area contributed by atoms with E-state index in [4.69, 9.17) is 5.73 Å². The van der Waals surface area contributed by atoms with Crippen molar-refractivity contribution in [3.63, 3.8) is 0 Å². The Hall–Kier alpha value is -1.61. The minimum atomic E-state index is 0.548. The van der Waals surface area contributed by atoms with Crippen molar-refractivity contribution in [2.24, 2.45) is 10.7 Å². The summed E-state index contributed by atoms with van der Waals surface area (Å²) in [4.78, 5) is 4.60. The summed E-state index contributed by atoms with van der Waals surface area (Å²) < 4.78 is 0. The Kier molecular flexibility index (Phi) is 3.29. The van der Waals surface area contributed by atoms with Crippen molar-refractivity contribution in [3.05, 3.63) is 40.5 Å². The van der Waals surface area contributed by atoms with Crippen LogP contribution in [0.2, 0.25) is 0 Å². The minimum Gasteiger partial charge on any atom is -0.370 e. The lowest BCUT2D eigenvalue weighted by atomic mass is 9.99. The summed E-state index contributed by atoms with van der Waals surface area (Å²) in [6, 6.07) is 6.44. The first-order valence-corrected chi connectivity index (χ1v) is 5.90. The Labute approximate surface area is 102 Å². The molecular formula is C14H19N3. The molecule has 0 spiro atoms. The van der Waals surface area contributed by atoms with Crippen LogP contribution < -0.4 is 11.1 Å². The van der Waals surface area contributed by atoms with Gasteiger partial charge in [0.05, 0.1) is 11.5 Å². The van der Waals surface area contributed by atoms with Crippen molar-refractivity contribution in [3.8, 4) is 0 Å². The summed E-state index contributed by atoms with van der Waals surface area (Å²) in [5, 5.41) is 3.23. The SMILES string of the molecule is CC1=NC(c2ccc(C)cc2C)=C(CN)CN1. The van der Waals surface area contributed by atoms with Crippen molar-refractivity contribution in [1.29, 1.82) is 0 Å². The molecule has 1 aliphatic heterocycles. The molecule has 90 valence electrons. The third-order valence-electron chi connectivity index (χ3n) is 3.06. The zero-order valence-electron chi connectivity index (χ0n) is 10.7. The monoisotopic (exact) mass is 229 g/mol. The fourth-order valence-corrected chi connectivity index (χ4v) is 2.10. The summed E-state index contributed by atoms with van der Waals surface area (Å²) in [5.74, 6) is 0.956. The Morgan fingerprint density at radius 1 is 1.29 bits per heavy atom. The molecule has 0 amide bonds. The van der Waals surface area contributed by atoms with Gasteiger partial charge in [0, 0.05) is 18.7 Å². The third-order valence-corrected chi connectivity index (χ3v) is 3.06. The van der Waals surface area contributed by atoms with Crippen LogP contribution in [0.1, 0.15) is 23.6 Å². The number of nitrogens with one attached hydrogen (secondary N) is 1. The lowest BCUT2D eigenvalue weighted by molar-refractivity contribution is 0.914. The van der Waals surface area contributed by atoms with Crippen molar-refractivity contribution in [2.45, 2.75) is 20.8 Å². The van der Waals surface area contributed by atoms with E-state index in [2.05, 4.69) is 42.4 Å². The average molecular weight is 229 g/mol. The number of aliphatic imine (C=N–C) groups is 1. The van der Waals surface area contributed by atoms with Gasteiger partial charge in [-0.2, -0.15) is 0 Å². The summed E-state index contributed by atoms with van der Waals surface area (Å²) in [6.45, 7) is 7.56. The molecule has 0 atom stereocenters. The van der Waals surface area contributed by atoms with Gasteiger partial charge in [0.15, 0.2) is 0 Å². The van der Waals surface area contributed by atoms with Gasteiger partial charge in [-0.1, -0.05) is 23.8 Å². The highest BCUT2D eigenvalue weighted by atomic mass is 15.0. The molecule has 0 aliphatic carbocycles. The van der Waals surface area contributed by atoms with E-state index < -0.39 is 0 Å². The van der Waals surface area contributed by atoms with Gasteiger partial charge in [0.2, 0.25) is 0 Å². The van der Waals surface area contributed by atoms with Gasteiger partial charge in [-0.15, -0.1) is 0 Å². The zero-order valence-corrected chi connectivity index (χ0v) is 10.7. The molecule has 3 heteroatoms. The number of amidine groups is 1. The van der Waals surface area contributed by atoms with Crippen LogP contribution in [-0.4, -0.2) is 18.9 Å². The average Bonchev–Trinajstić information content (AvgIpc) is 2.29. The molecule has 0 unspecified atom stereocenters. The van der Waals surface area contributed by atoms with Crippen LogP contribution in [0.4, 0.5) is 0 Å². The van der Waals surface area contributed by atoms with E-state index in [-0.39, 0.29) is 0 Å². The van der Waals surface area contributed by atoms with E-state index in [1.54, 1.807) is 0 Å². The van der Waals surface area contributed by atoms with E-state index in [0.717, 1.165) is 18.1 Å². The van der Waals surface area contributed by atoms with E-state index in [1.165, 1.54) is 22.3 Å². The first kappa shape index (κ1) is 11.9. The normalized spacial score (nSPS) is 15.6. The second kappa shape index (κ2) is 4.72. The second-order valence-electron chi connectivity index (χ2n) is 4.53. The topological polar surface area (TPSA) is 50.4 Å². The molecule has 1 heterocycles. The number of hydrogen-bond donors (Lipinski definition) is 2. The number of aryl methyl sites for hydroxylation is 2. The van der Waals surface area contributed by atoms with E-state index in [1.807, 2.05) is 6.92 Å². The first-order chi connectivity index (χ1) is 8.11. The maximum atomic E-state index is 5.79. The standard InChI is InChI=1S/C14H19N3/c1-9-4-5-13(10(2)6-9)14-12(7-15)8-16-11(3)17-14/h4-6H,7-8,15H2,1-3H3,(H,16,17). The van der Waals surface area contributed by atoms with Crippen molar-refractivity contribution in [2.75, 3.05) is 13.1 Å². The predicted molar refractivity (Wildman–Crippen MR) is 73.0 cm³/mol. The molecule has 1 aliphatic rings. The largest absolute Gasteiger partial charge is 0.370 e. The maximum absolute atomic E-state index is 5.79. The number of benzene rings is 1. The Morgan fingerprint density at radius 2 is 2.06 bits per heavy atom. The number of rotatable bonds is 2. The molecule has 17 heavy (non-hydrogen) atoms. The molecule has 3 N–H and O–H groups in total. The molecule has 1 aromatic rings. The summed E-state index contributed by atoms with van der Waals surface area (Å²) in [6.07, 6.45) is 0. The lowest BCUT2D eigenvalue weighted by Gasteiger charge is -2.20. The molecule has 1 aromatic carbocycles. The van der Waals surface area contributed by atoms with Gasteiger partial charge in [0.25, 0.3) is 0 Å². The first-order valence-electron chi connectivity index (χ1n) is 5.90. The lowest BCUT2D eigenvalue weighted by Crippen LogP contribution is -2.30. The fraction of sp³-hybridized carbons (Fsp3) is 0.357. The van der Waals surface area contributed by atoms with E-state index in [0.29, 0.717) is 6.54 Å². The van der Waals surface area contributed by atoms with Gasteiger partial charge in [0.1, 0.15) is 0 Å². The molecule has 0 saturated heterocycles. The van der Waals surface area contributed by atoms with Crippen LogP contribution in [0.15, 0.2) is 28.8 Å². The summed E-state index contributed by atoms with van der Waals surface area (Å²) >= 11 is 0. The molecule has 0 fully saturated rings. The van der Waals surface area contributed by atoms with Gasteiger partial charge >= 0.3 is 0 Å². The molecule has 0 aromatic heterocycles. The third kappa shape index (κ3) is 2.39.